The fourth-order valence-corrected chi connectivity index (χ4v) is 0.329. The van der Waals surface area contributed by atoms with E-state index in [4.69, 9.17) is 0 Å². The third-order valence-electron chi connectivity index (χ3n) is 0.869. The number of carbonyl (C=O) groups is 1. The lowest BCUT2D eigenvalue weighted by atomic mass is 10.6. The number of amides is 1. The monoisotopic (exact) mass is 143 g/mol. The van der Waals surface area contributed by atoms with E-state index in [9.17, 15) is 4.79 Å². The van der Waals surface area contributed by atoms with Crippen molar-refractivity contribution in [2.75, 3.05) is 7.05 Å². The lowest BCUT2D eigenvalue weighted by Crippen LogP contribution is -2.16. The van der Waals surface area contributed by atoms with Crippen LogP contribution in [0.1, 0.15) is 27.7 Å². The lowest BCUT2D eigenvalue weighted by Gasteiger charge is -2.05. The smallest absolute Gasteiger partial charge is 0.223 e. The van der Waals surface area contributed by atoms with Gasteiger partial charge in [0, 0.05) is 20.2 Å². The van der Waals surface area contributed by atoms with E-state index < -0.39 is 0 Å². The van der Waals surface area contributed by atoms with Crippen LogP contribution in [0.3, 0.4) is 0 Å². The van der Waals surface area contributed by atoms with Gasteiger partial charge in [-0.15, -0.1) is 0 Å². The van der Waals surface area contributed by atoms with Crippen LogP contribution in [0.4, 0.5) is 0 Å². The van der Waals surface area contributed by atoms with Gasteiger partial charge in [0.2, 0.25) is 5.91 Å². The summed E-state index contributed by atoms with van der Waals surface area (Å²) in [7, 11) is 1.72. The predicted molar refractivity (Wildman–Crippen MR) is 44.6 cm³/mol. The molecule has 0 spiro atoms. The standard InChI is InChI=1S/C6H11NO.C2H6/c1-4-5-7(3)6(2)8;1-2/h4-5H,1-3H3;1-2H3/b5-4-;. The Morgan fingerprint density at radius 1 is 1.40 bits per heavy atom. The van der Waals surface area contributed by atoms with E-state index in [1.165, 1.54) is 11.8 Å². The first kappa shape index (κ1) is 11.9. The van der Waals surface area contributed by atoms with Gasteiger partial charge in [0.1, 0.15) is 0 Å². The molecule has 0 aromatic rings. The molecule has 0 aliphatic carbocycles. The highest BCUT2D eigenvalue weighted by Crippen LogP contribution is 1.82. The molecule has 0 fully saturated rings. The molecule has 0 heterocycles. The molecule has 60 valence electrons. The summed E-state index contributed by atoms with van der Waals surface area (Å²) in [5, 5.41) is 0. The van der Waals surface area contributed by atoms with Gasteiger partial charge in [-0.25, -0.2) is 0 Å². The molecule has 2 heteroatoms. The van der Waals surface area contributed by atoms with E-state index in [0.717, 1.165) is 0 Å². The minimum atomic E-state index is 0.0584. The van der Waals surface area contributed by atoms with Gasteiger partial charge in [-0.1, -0.05) is 19.9 Å². The van der Waals surface area contributed by atoms with Crippen LogP contribution in [0.15, 0.2) is 12.3 Å². The van der Waals surface area contributed by atoms with Crippen molar-refractivity contribution in [1.29, 1.82) is 0 Å². The fourth-order valence-electron chi connectivity index (χ4n) is 0.329. The summed E-state index contributed by atoms with van der Waals surface area (Å²) >= 11 is 0. The molecule has 0 saturated heterocycles. The molecular weight excluding hydrogens is 126 g/mol. The van der Waals surface area contributed by atoms with Crippen LogP contribution in [0.5, 0.6) is 0 Å². The molecule has 2 nitrogen and oxygen atoms in total. The van der Waals surface area contributed by atoms with Crippen molar-refractivity contribution < 1.29 is 4.79 Å². The van der Waals surface area contributed by atoms with E-state index in [1.807, 2.05) is 26.8 Å². The number of nitrogens with zero attached hydrogens (tertiary/aromatic N) is 1. The molecule has 10 heavy (non-hydrogen) atoms. The van der Waals surface area contributed by atoms with Crippen molar-refractivity contribution in [3.05, 3.63) is 12.3 Å². The largest absolute Gasteiger partial charge is 0.323 e. The average molecular weight is 143 g/mol. The Hall–Kier alpha value is -0.790. The molecule has 0 atom stereocenters. The Morgan fingerprint density at radius 3 is 1.90 bits per heavy atom. The number of rotatable bonds is 1. The molecule has 0 saturated carbocycles. The maximum absolute atomic E-state index is 10.4. The van der Waals surface area contributed by atoms with Gasteiger partial charge in [-0.2, -0.15) is 0 Å². The first-order chi connectivity index (χ1) is 4.68. The van der Waals surface area contributed by atoms with Crippen molar-refractivity contribution in [2.24, 2.45) is 0 Å². The predicted octanol–water partition coefficient (Wildman–Crippen LogP) is 2.02. The van der Waals surface area contributed by atoms with Crippen LogP contribution in [0.25, 0.3) is 0 Å². The summed E-state index contributed by atoms with van der Waals surface area (Å²) < 4.78 is 0. The highest BCUT2D eigenvalue weighted by molar-refractivity contribution is 5.73. The Bertz CT molecular complexity index is 108. The van der Waals surface area contributed by atoms with Gasteiger partial charge in [-0.05, 0) is 6.92 Å². The van der Waals surface area contributed by atoms with Gasteiger partial charge in [0.15, 0.2) is 0 Å². The van der Waals surface area contributed by atoms with Crippen LogP contribution in [0.2, 0.25) is 0 Å². The van der Waals surface area contributed by atoms with E-state index in [0.29, 0.717) is 0 Å². The molecule has 0 aliphatic heterocycles. The summed E-state index contributed by atoms with van der Waals surface area (Å²) in [5.41, 5.74) is 0. The second kappa shape index (κ2) is 8.21. The second-order valence-corrected chi connectivity index (χ2v) is 1.61. The first-order valence-corrected chi connectivity index (χ1v) is 3.54. The molecule has 0 aromatic heterocycles. The van der Waals surface area contributed by atoms with Crippen molar-refractivity contribution in [3.63, 3.8) is 0 Å². The van der Waals surface area contributed by atoms with E-state index in [1.54, 1.807) is 13.2 Å². The van der Waals surface area contributed by atoms with Gasteiger partial charge >= 0.3 is 0 Å². The number of allylic oxidation sites excluding steroid dienone is 1. The van der Waals surface area contributed by atoms with Gasteiger partial charge in [-0.3, -0.25) is 4.79 Å². The van der Waals surface area contributed by atoms with Crippen molar-refractivity contribution in [2.45, 2.75) is 27.7 Å². The van der Waals surface area contributed by atoms with Crippen LogP contribution in [-0.4, -0.2) is 17.9 Å². The van der Waals surface area contributed by atoms with Crippen molar-refractivity contribution in [3.8, 4) is 0 Å². The van der Waals surface area contributed by atoms with Gasteiger partial charge in [0.05, 0.1) is 0 Å². The van der Waals surface area contributed by atoms with Crippen LogP contribution in [0, 0.1) is 0 Å². The highest BCUT2D eigenvalue weighted by atomic mass is 16.2. The Balaban J connectivity index is 0. The number of hydrogen-bond donors (Lipinski definition) is 0. The lowest BCUT2D eigenvalue weighted by molar-refractivity contribution is -0.125. The molecule has 0 aromatic carbocycles. The third kappa shape index (κ3) is 7.21. The van der Waals surface area contributed by atoms with E-state index in [-0.39, 0.29) is 5.91 Å². The quantitative estimate of drug-likeness (QED) is 0.550. The van der Waals surface area contributed by atoms with Gasteiger partial charge < -0.3 is 4.90 Å². The Kier molecular flexibility index (Phi) is 9.80. The van der Waals surface area contributed by atoms with Crippen LogP contribution in [-0.2, 0) is 4.79 Å². The summed E-state index contributed by atoms with van der Waals surface area (Å²) in [6, 6.07) is 0. The van der Waals surface area contributed by atoms with Crippen LogP contribution < -0.4 is 0 Å². The number of carbonyl (C=O) groups excluding carboxylic acids is 1. The molecule has 0 bridgehead atoms. The first-order valence-electron chi connectivity index (χ1n) is 3.54. The minimum Gasteiger partial charge on any atom is -0.323 e. The summed E-state index contributed by atoms with van der Waals surface area (Å²) in [4.78, 5) is 11.9. The summed E-state index contributed by atoms with van der Waals surface area (Å²) in [6.07, 6.45) is 3.55. The summed E-state index contributed by atoms with van der Waals surface area (Å²) in [6.45, 7) is 7.40. The molecule has 0 rings (SSSR count). The Labute approximate surface area is 63.5 Å². The summed E-state index contributed by atoms with van der Waals surface area (Å²) in [5.74, 6) is 0.0584. The number of hydrogen-bond acceptors (Lipinski definition) is 1. The van der Waals surface area contributed by atoms with Crippen molar-refractivity contribution >= 4 is 5.91 Å². The second-order valence-electron chi connectivity index (χ2n) is 1.61. The minimum absolute atomic E-state index is 0.0584. The molecule has 0 N–H and O–H groups in total. The average Bonchev–Trinajstić information content (AvgIpc) is 1.93. The molecule has 0 radical (unpaired) electrons. The maximum Gasteiger partial charge on any atom is 0.223 e. The molecule has 0 unspecified atom stereocenters. The normalized spacial score (nSPS) is 8.50. The van der Waals surface area contributed by atoms with Crippen molar-refractivity contribution in [1.82, 2.24) is 4.90 Å². The Morgan fingerprint density at radius 2 is 1.80 bits per heavy atom. The zero-order valence-electron chi connectivity index (χ0n) is 7.51. The maximum atomic E-state index is 10.4. The van der Waals surface area contributed by atoms with Gasteiger partial charge in [0.25, 0.3) is 0 Å². The fraction of sp³-hybridized carbons (Fsp3) is 0.625. The molecule has 0 aliphatic rings. The molecular formula is C8H17NO. The molecule has 1 amide bonds. The third-order valence-corrected chi connectivity index (χ3v) is 0.869. The highest BCUT2D eigenvalue weighted by Gasteiger charge is 1.92. The SMILES string of the molecule is C/C=C\N(C)C(C)=O.CC. The zero-order valence-corrected chi connectivity index (χ0v) is 7.51. The topological polar surface area (TPSA) is 20.3 Å². The van der Waals surface area contributed by atoms with Crippen LogP contribution >= 0.6 is 0 Å². The zero-order chi connectivity index (χ0) is 8.57. The van der Waals surface area contributed by atoms with E-state index >= 15 is 0 Å². The van der Waals surface area contributed by atoms with E-state index in [2.05, 4.69) is 0 Å².